The van der Waals surface area contributed by atoms with Gasteiger partial charge in [-0.1, -0.05) is 125 Å². The summed E-state index contributed by atoms with van der Waals surface area (Å²) in [4.78, 5) is 90.2. The fraction of sp³-hybridized carbons (Fsp3) is 0.247. The number of ether oxygens (including phenoxy) is 7. The summed E-state index contributed by atoms with van der Waals surface area (Å²) >= 11 is 46.7. The number of rotatable bonds is 17. The highest BCUT2D eigenvalue weighted by molar-refractivity contribution is 14.1. The van der Waals surface area contributed by atoms with Crippen LogP contribution in [0, 0.1) is 10.7 Å². The van der Waals surface area contributed by atoms with Gasteiger partial charge in [-0.2, -0.15) is 0 Å². The van der Waals surface area contributed by atoms with Gasteiger partial charge in [-0.3, -0.25) is 33.7 Å². The van der Waals surface area contributed by atoms with E-state index in [1.54, 1.807) is 37.2 Å². The van der Waals surface area contributed by atoms with Gasteiger partial charge in [0.15, 0.2) is 5.43 Å². The molecule has 9 N–H and O–H groups in total. The van der Waals surface area contributed by atoms with Crippen LogP contribution in [0.5, 0.6) is 0 Å². The van der Waals surface area contributed by atoms with Crippen molar-refractivity contribution in [1.82, 2.24) is 39.0 Å². The van der Waals surface area contributed by atoms with E-state index >= 15 is 0 Å². The molecular formula is C85H88BBr6Cl4I3N11O17P. The molecule has 0 radical (unpaired) electrons. The first-order chi connectivity index (χ1) is 60.6. The number of carbonyl (C=O) groups excluding carboxylic acids is 4. The van der Waals surface area contributed by atoms with Crippen LogP contribution >= 0.6 is 214 Å². The fourth-order valence-corrected chi connectivity index (χ4v) is 13.9. The molecule has 128 heavy (non-hydrogen) atoms. The number of nitrogens with zero attached hydrogens (tertiary/aromatic N) is 6. The number of carbonyl (C=O) groups is 4. The van der Waals surface area contributed by atoms with Crippen LogP contribution in [0.25, 0.3) is 43.6 Å². The van der Waals surface area contributed by atoms with Gasteiger partial charge >= 0.3 is 36.2 Å². The van der Waals surface area contributed by atoms with Crippen LogP contribution in [-0.4, -0.2) is 131 Å². The molecule has 6 aromatic carbocycles. The molecule has 2 aliphatic rings. The predicted octanol–water partition coefficient (Wildman–Crippen LogP) is 22.1. The number of pyridine rings is 4. The third-order valence-electron chi connectivity index (χ3n) is 15.8. The molecule has 2 saturated heterocycles. The zero-order valence-electron chi connectivity index (χ0n) is 69.4. The molecule has 0 unspecified atom stereocenters. The summed E-state index contributed by atoms with van der Waals surface area (Å²) in [6.45, 7) is 16.8. The Labute approximate surface area is 849 Å². The Morgan fingerprint density at radius 1 is 0.609 bits per heavy atom. The number of aryl methyl sites for hydroxylation is 2. The number of hydrogen-bond acceptors (Lipinski definition) is 24. The minimum atomic E-state index is -3.22. The maximum absolute atomic E-state index is 11.7. The van der Waals surface area contributed by atoms with Crippen molar-refractivity contribution in [1.29, 1.82) is 0 Å². The lowest BCUT2D eigenvalue weighted by atomic mass is 9.88. The molecule has 43 heteroatoms. The number of nitrogens with one attached hydrogen (secondary N) is 3. The van der Waals surface area contributed by atoms with Crippen LogP contribution in [0.3, 0.4) is 0 Å². The monoisotopic (exact) mass is 2570 g/mol. The van der Waals surface area contributed by atoms with E-state index in [1.807, 2.05) is 194 Å². The number of esters is 4. The highest BCUT2D eigenvalue weighted by atomic mass is 127. The Bertz CT molecular complexity index is 5770. The van der Waals surface area contributed by atoms with E-state index in [1.165, 1.54) is 52.2 Å². The molecule has 0 spiro atoms. The third-order valence-corrected chi connectivity index (χ3v) is 22.0. The molecule has 0 bridgehead atoms. The summed E-state index contributed by atoms with van der Waals surface area (Å²) in [7, 11) is -1.48. The topological polar surface area (TPSA) is 395 Å². The number of hydrogen-bond donors (Lipinski definition) is 7. The predicted molar refractivity (Wildman–Crippen MR) is 552 cm³/mol. The van der Waals surface area contributed by atoms with E-state index in [0.29, 0.717) is 35.2 Å². The van der Waals surface area contributed by atoms with E-state index in [4.69, 9.17) is 56.8 Å². The van der Waals surface area contributed by atoms with Crippen LogP contribution in [0.1, 0.15) is 73.3 Å². The SMILES string of the molecule is Brc1ccc2ncc(I)c(NCCCn3ccnc3)c2c1.CC1(C)OC(=O)C(=CCc2ccc(Br)cc2)C(=O)O1.CC1(C)OC(=O)CC(=O)O1.CCOC(OCC)OCC.Clc1c(I)cnc2ccc(Br)cc12.NCCCn1ccnc1.Nc1ccc(Br)cc1.O=P(Cl)(Cl)Cl.O=c1c(I)c[nH]c2ccc(Br)cc12.O=c1cc[nH]c2ccc(Br)cc12.OB(O)c1ccco1. The molecule has 2 aliphatic heterocycles. The number of aromatic nitrogens is 8. The Balaban J connectivity index is 0.000000254. The molecule has 684 valence electrons. The van der Waals surface area contributed by atoms with Gasteiger partial charge in [-0.05, 0) is 275 Å². The van der Waals surface area contributed by atoms with Gasteiger partial charge in [0.05, 0.1) is 51.4 Å². The molecule has 0 aliphatic carbocycles. The number of nitrogens with two attached hydrogens (primary N) is 2. The number of imidazole rings is 2. The highest BCUT2D eigenvalue weighted by Crippen LogP contribution is 2.61. The summed E-state index contributed by atoms with van der Waals surface area (Å²) in [5.41, 5.74) is 17.6. The Hall–Kier alpha value is -6.24. The smallest absolute Gasteiger partial charge is 0.473 e. The van der Waals surface area contributed by atoms with E-state index in [9.17, 15) is 33.3 Å². The zero-order chi connectivity index (χ0) is 94.7. The number of aromatic amines is 2. The first kappa shape index (κ1) is 112. The lowest BCUT2D eigenvalue weighted by molar-refractivity contribution is -0.282. The van der Waals surface area contributed by atoms with Crippen LogP contribution < -0.4 is 33.3 Å². The second-order valence-corrected chi connectivity index (χ2v) is 42.6. The Morgan fingerprint density at radius 2 is 1.07 bits per heavy atom. The third kappa shape index (κ3) is 43.6. The molecule has 9 heterocycles. The fourth-order valence-electron chi connectivity index (χ4n) is 10.2. The number of cyclic esters (lactones) is 4. The molecule has 2 fully saturated rings. The number of nitrogen functional groups attached to an aromatic ring is 1. The minimum absolute atomic E-state index is 0.0463. The summed E-state index contributed by atoms with van der Waals surface area (Å²) < 4.78 is 61.6. The number of allylic oxidation sites excluding steroid dienone is 1. The van der Waals surface area contributed by atoms with E-state index in [0.717, 1.165) is 133 Å². The second-order valence-electron chi connectivity index (χ2n) is 26.6. The van der Waals surface area contributed by atoms with Gasteiger partial charge < -0.3 is 83.5 Å². The van der Waals surface area contributed by atoms with Gasteiger partial charge in [0.2, 0.25) is 5.43 Å². The van der Waals surface area contributed by atoms with Crippen LogP contribution in [-0.2, 0) is 76.4 Å². The molecule has 28 nitrogen and oxygen atoms in total. The Kier molecular flexibility index (Phi) is 51.5. The average Bonchev–Trinajstić information content (AvgIpc) is 0.897. The normalized spacial score (nSPS) is 12.5. The molecule has 0 atom stereocenters. The minimum Gasteiger partial charge on any atom is -0.473 e. The molecule has 7 aromatic heterocycles. The number of benzene rings is 6. The zero-order valence-corrected chi connectivity index (χ0v) is 89.3. The number of H-pyrrole nitrogens is 2. The molecular weight excluding hydrogens is 2490 g/mol. The maximum Gasteiger partial charge on any atom is 0.526 e. The lowest BCUT2D eigenvalue weighted by Crippen LogP contribution is -2.41. The molecule has 0 amide bonds. The van der Waals surface area contributed by atoms with Crippen molar-refractivity contribution < 1.29 is 71.4 Å². The number of anilines is 2. The van der Waals surface area contributed by atoms with Crippen LogP contribution in [0.15, 0.2) is 261 Å². The molecule has 15 rings (SSSR count). The molecule has 0 saturated carbocycles. The van der Waals surface area contributed by atoms with Crippen molar-refractivity contribution in [3.63, 3.8) is 0 Å². The maximum atomic E-state index is 11.7. The highest BCUT2D eigenvalue weighted by Gasteiger charge is 2.39. The van der Waals surface area contributed by atoms with Gasteiger partial charge in [0.25, 0.3) is 18.1 Å². The van der Waals surface area contributed by atoms with E-state index in [2.05, 4.69) is 234 Å². The second kappa shape index (κ2) is 58.7. The summed E-state index contributed by atoms with van der Waals surface area (Å²) in [6, 6.07) is 43.0. The van der Waals surface area contributed by atoms with E-state index < -0.39 is 54.2 Å². The molecule has 13 aromatic rings. The van der Waals surface area contributed by atoms with Crippen molar-refractivity contribution in [3.05, 3.63) is 288 Å². The summed E-state index contributed by atoms with van der Waals surface area (Å²) in [5.74, 6) is -4.60. The Morgan fingerprint density at radius 3 is 1.54 bits per heavy atom. The van der Waals surface area contributed by atoms with E-state index in [-0.39, 0.29) is 28.5 Å². The van der Waals surface area contributed by atoms with Gasteiger partial charge in [-0.15, -0.1) is 0 Å². The summed E-state index contributed by atoms with van der Waals surface area (Å²) in [6.07, 6.45) is 23.4. The van der Waals surface area contributed by atoms with Gasteiger partial charge in [0.1, 0.15) is 17.7 Å². The van der Waals surface area contributed by atoms with Crippen molar-refractivity contribution in [2.24, 2.45) is 5.73 Å². The summed E-state index contributed by atoms with van der Waals surface area (Å²) in [5, 5.41) is 21.4. The standard InChI is InChI=1S/C15H14BrIN4.C14H13BrO4.C9H4BrClIN.C9H5BrINO.C9H6BrNO.C7H16O3.C6H6BrN.C6H11N3.C6H8O4.C4H5BO3.Cl3OP/c16-11-2-3-14-12(8-11)15(13(17)9-20-14)19-4-1-6-21-7-5-18-10-21;1-14(2)18-12(16)11(13(17)19-14)8-5-9-3-6-10(15)7-4-9;10-5-1-2-8-6(3-5)9(11)7(12)4-13-8;10-5-1-2-8-6(3-5)9(13)7(11)4-12-8;10-6-1-2-8-7(5-6)9(12)3-4-11-8;1-4-8-7(9-5-2)10-6-3;7-5-1-3-6(8)4-2-5;7-2-1-4-9-5-3-8-6-9;1-6(2)9-4(7)3-5(8)10-6;6-5(7)4-2-1-3-8-4;1-5(2,3)4/h2-3,5,7-10H,1,4,6H2,(H,19,20);3-4,6-8H,5H2,1-2H3;1-4H;1-4H,(H,12,13);1-5H,(H,11,12);7H,4-6H2,1-3H3;1-4H,8H2;3,5-6H,1-2,4,7H2;3H2,1-2H3;1-3,6-7H;. The van der Waals surface area contributed by atoms with Crippen LogP contribution in [0.4, 0.5) is 11.4 Å². The van der Waals surface area contributed by atoms with Gasteiger partial charge in [0, 0.05) is 188 Å². The number of halogens is 13. The average molecular weight is 2580 g/mol. The first-order valence-corrected chi connectivity index (χ1v) is 50.9. The van der Waals surface area contributed by atoms with Crippen molar-refractivity contribution in [3.8, 4) is 0 Å². The number of furan rings is 1. The largest absolute Gasteiger partial charge is 0.526 e. The number of fused-ring (bicyclic) bond motifs is 4. The van der Waals surface area contributed by atoms with Crippen molar-refractivity contribution in [2.75, 3.05) is 44.0 Å². The quantitative estimate of drug-likeness (QED) is 0.00425. The van der Waals surface area contributed by atoms with Crippen molar-refractivity contribution in [2.45, 2.75) is 105 Å². The van der Waals surface area contributed by atoms with Crippen molar-refractivity contribution >= 4 is 306 Å². The first-order valence-electron chi connectivity index (χ1n) is 38.1. The van der Waals surface area contributed by atoms with Crippen LogP contribution in [0.2, 0.25) is 5.02 Å². The van der Waals surface area contributed by atoms with Gasteiger partial charge in [-0.25, -0.2) is 19.6 Å². The lowest BCUT2D eigenvalue weighted by Gasteiger charge is -2.29.